The average Bonchev–Trinajstić information content (AvgIpc) is 2.43. The SMILES string of the molecule is COC(=O)C(Br)C(Br)c1ccc(OC)c(OC)c1. The van der Waals surface area contributed by atoms with Crippen LogP contribution >= 0.6 is 31.9 Å². The zero-order valence-corrected chi connectivity index (χ0v) is 13.4. The number of alkyl halides is 2. The fourth-order valence-corrected chi connectivity index (χ4v) is 2.42. The number of hydrogen-bond donors (Lipinski definition) is 0. The molecule has 0 saturated heterocycles. The van der Waals surface area contributed by atoms with E-state index in [-0.39, 0.29) is 10.8 Å². The Bertz CT molecular complexity index is 423. The van der Waals surface area contributed by atoms with Gasteiger partial charge in [-0.1, -0.05) is 37.9 Å². The molecular formula is C12H14Br2O4. The first-order valence-electron chi connectivity index (χ1n) is 5.13. The van der Waals surface area contributed by atoms with E-state index in [1.54, 1.807) is 20.3 Å². The number of ether oxygens (including phenoxy) is 3. The van der Waals surface area contributed by atoms with Crippen LogP contribution in [-0.2, 0) is 9.53 Å². The molecule has 0 radical (unpaired) electrons. The smallest absolute Gasteiger partial charge is 0.320 e. The second-order valence-corrected chi connectivity index (χ2v) is 5.41. The Balaban J connectivity index is 2.99. The summed E-state index contributed by atoms with van der Waals surface area (Å²) in [5.41, 5.74) is 0.889. The topological polar surface area (TPSA) is 44.8 Å². The van der Waals surface area contributed by atoms with E-state index >= 15 is 0 Å². The highest BCUT2D eigenvalue weighted by molar-refractivity contribution is 9.12. The Hall–Kier alpha value is -0.750. The Labute approximate surface area is 123 Å². The van der Waals surface area contributed by atoms with E-state index in [0.717, 1.165) is 5.56 Å². The molecule has 0 N–H and O–H groups in total. The van der Waals surface area contributed by atoms with E-state index < -0.39 is 4.83 Å². The maximum Gasteiger partial charge on any atom is 0.320 e. The van der Waals surface area contributed by atoms with Gasteiger partial charge in [-0.25, -0.2) is 0 Å². The molecule has 18 heavy (non-hydrogen) atoms. The molecule has 4 nitrogen and oxygen atoms in total. The molecular weight excluding hydrogens is 368 g/mol. The van der Waals surface area contributed by atoms with Gasteiger partial charge in [0.1, 0.15) is 4.83 Å². The first kappa shape index (κ1) is 15.3. The number of rotatable bonds is 5. The zero-order valence-electron chi connectivity index (χ0n) is 10.3. The molecule has 0 aliphatic carbocycles. The van der Waals surface area contributed by atoms with Crippen molar-refractivity contribution in [1.29, 1.82) is 0 Å². The van der Waals surface area contributed by atoms with Crippen molar-refractivity contribution in [3.05, 3.63) is 23.8 Å². The number of carbonyl (C=O) groups is 1. The van der Waals surface area contributed by atoms with Crippen molar-refractivity contribution in [3.8, 4) is 11.5 Å². The van der Waals surface area contributed by atoms with Gasteiger partial charge in [-0.05, 0) is 17.7 Å². The Morgan fingerprint density at radius 1 is 1.11 bits per heavy atom. The van der Waals surface area contributed by atoms with Gasteiger partial charge < -0.3 is 14.2 Å². The van der Waals surface area contributed by atoms with E-state index in [4.69, 9.17) is 9.47 Å². The summed E-state index contributed by atoms with van der Waals surface area (Å²) in [6.07, 6.45) is 0. The largest absolute Gasteiger partial charge is 0.493 e. The molecule has 6 heteroatoms. The number of carbonyl (C=O) groups excluding carboxylic acids is 1. The van der Waals surface area contributed by atoms with Crippen molar-refractivity contribution in [1.82, 2.24) is 0 Å². The Morgan fingerprint density at radius 3 is 2.22 bits per heavy atom. The lowest BCUT2D eigenvalue weighted by molar-refractivity contribution is -0.139. The van der Waals surface area contributed by atoms with Crippen molar-refractivity contribution < 1.29 is 19.0 Å². The van der Waals surface area contributed by atoms with Crippen LogP contribution in [0.4, 0.5) is 0 Å². The van der Waals surface area contributed by atoms with Gasteiger partial charge in [-0.2, -0.15) is 0 Å². The van der Waals surface area contributed by atoms with E-state index in [1.807, 2.05) is 12.1 Å². The van der Waals surface area contributed by atoms with Crippen molar-refractivity contribution in [2.24, 2.45) is 0 Å². The molecule has 0 saturated carbocycles. The van der Waals surface area contributed by atoms with Crippen molar-refractivity contribution >= 4 is 37.8 Å². The zero-order chi connectivity index (χ0) is 13.7. The number of methoxy groups -OCH3 is 3. The Kier molecular flexibility index (Phi) is 5.95. The van der Waals surface area contributed by atoms with E-state index in [1.165, 1.54) is 7.11 Å². The molecule has 1 aromatic carbocycles. The van der Waals surface area contributed by atoms with Crippen molar-refractivity contribution in [2.45, 2.75) is 9.65 Å². The summed E-state index contributed by atoms with van der Waals surface area (Å²) in [5.74, 6) is 0.917. The van der Waals surface area contributed by atoms with Crippen LogP contribution in [0.2, 0.25) is 0 Å². The number of halogens is 2. The minimum absolute atomic E-state index is 0.218. The van der Waals surface area contributed by atoms with Crippen LogP contribution < -0.4 is 9.47 Å². The van der Waals surface area contributed by atoms with Crippen LogP contribution in [0.3, 0.4) is 0 Å². The minimum atomic E-state index is -0.472. The van der Waals surface area contributed by atoms with E-state index in [9.17, 15) is 4.79 Å². The summed E-state index contributed by atoms with van der Waals surface area (Å²) in [4.78, 5) is 10.8. The summed E-state index contributed by atoms with van der Waals surface area (Å²) in [6.45, 7) is 0. The molecule has 1 aromatic rings. The second kappa shape index (κ2) is 6.99. The highest BCUT2D eigenvalue weighted by Crippen LogP contribution is 2.36. The van der Waals surface area contributed by atoms with Crippen LogP contribution in [0.25, 0.3) is 0 Å². The van der Waals surface area contributed by atoms with Gasteiger partial charge in [0.2, 0.25) is 0 Å². The molecule has 0 bridgehead atoms. The van der Waals surface area contributed by atoms with Crippen LogP contribution in [0.15, 0.2) is 18.2 Å². The molecule has 0 aliphatic heterocycles. The monoisotopic (exact) mass is 380 g/mol. The van der Waals surface area contributed by atoms with Gasteiger partial charge in [0.15, 0.2) is 11.5 Å². The third kappa shape index (κ3) is 3.38. The van der Waals surface area contributed by atoms with Gasteiger partial charge in [-0.15, -0.1) is 0 Å². The first-order valence-corrected chi connectivity index (χ1v) is 6.96. The van der Waals surface area contributed by atoms with Crippen LogP contribution in [0.5, 0.6) is 11.5 Å². The van der Waals surface area contributed by atoms with Crippen molar-refractivity contribution in [2.75, 3.05) is 21.3 Å². The number of hydrogen-bond acceptors (Lipinski definition) is 4. The van der Waals surface area contributed by atoms with Gasteiger partial charge in [-0.3, -0.25) is 4.79 Å². The molecule has 0 aromatic heterocycles. The molecule has 100 valence electrons. The molecule has 2 unspecified atom stereocenters. The lowest BCUT2D eigenvalue weighted by atomic mass is 10.1. The standard InChI is InChI=1S/C12H14Br2O4/c1-16-8-5-4-7(6-9(8)17-2)10(13)11(14)12(15)18-3/h4-6,10-11H,1-3H3. The summed E-state index contributed by atoms with van der Waals surface area (Å²) in [5, 5.41) is 0. The highest BCUT2D eigenvalue weighted by atomic mass is 79.9. The second-order valence-electron chi connectivity index (χ2n) is 3.44. The third-order valence-corrected chi connectivity index (χ3v) is 5.08. The average molecular weight is 382 g/mol. The third-order valence-electron chi connectivity index (χ3n) is 2.41. The fraction of sp³-hybridized carbons (Fsp3) is 0.417. The molecule has 0 amide bonds. The maximum absolute atomic E-state index is 11.4. The number of esters is 1. The molecule has 0 aliphatic rings. The molecule has 0 fully saturated rings. The summed E-state index contributed by atoms with van der Waals surface area (Å²) in [6, 6.07) is 5.47. The fourth-order valence-electron chi connectivity index (χ4n) is 1.43. The predicted octanol–water partition coefficient (Wildman–Crippen LogP) is 3.08. The first-order chi connectivity index (χ1) is 8.54. The summed E-state index contributed by atoms with van der Waals surface area (Å²) >= 11 is 6.75. The molecule has 0 spiro atoms. The highest BCUT2D eigenvalue weighted by Gasteiger charge is 2.26. The quantitative estimate of drug-likeness (QED) is 0.580. The van der Waals surface area contributed by atoms with Gasteiger partial charge in [0.25, 0.3) is 0 Å². The van der Waals surface area contributed by atoms with E-state index in [0.29, 0.717) is 11.5 Å². The van der Waals surface area contributed by atoms with Crippen LogP contribution in [-0.4, -0.2) is 32.1 Å². The van der Waals surface area contributed by atoms with Crippen LogP contribution in [0.1, 0.15) is 10.4 Å². The lowest BCUT2D eigenvalue weighted by Gasteiger charge is -2.16. The van der Waals surface area contributed by atoms with E-state index in [2.05, 4.69) is 36.6 Å². The molecule has 1 rings (SSSR count). The van der Waals surface area contributed by atoms with Crippen molar-refractivity contribution in [3.63, 3.8) is 0 Å². The van der Waals surface area contributed by atoms with Crippen LogP contribution in [0, 0.1) is 0 Å². The normalized spacial score (nSPS) is 13.6. The summed E-state index contributed by atoms with van der Waals surface area (Å²) in [7, 11) is 4.49. The van der Waals surface area contributed by atoms with Gasteiger partial charge in [0, 0.05) is 0 Å². The summed E-state index contributed by atoms with van der Waals surface area (Å²) < 4.78 is 15.1. The lowest BCUT2D eigenvalue weighted by Crippen LogP contribution is -2.20. The van der Waals surface area contributed by atoms with Gasteiger partial charge >= 0.3 is 5.97 Å². The molecule has 2 atom stereocenters. The predicted molar refractivity (Wildman–Crippen MR) is 75.9 cm³/mol. The van der Waals surface area contributed by atoms with Gasteiger partial charge in [0.05, 0.1) is 26.2 Å². The minimum Gasteiger partial charge on any atom is -0.493 e. The molecule has 0 heterocycles. The number of benzene rings is 1. The Morgan fingerprint density at radius 2 is 1.72 bits per heavy atom. The maximum atomic E-state index is 11.4.